The molecule has 1 saturated carbocycles. The number of benzene rings is 1. The number of likely N-dealkylation sites (tertiary alicyclic amines) is 1. The summed E-state index contributed by atoms with van der Waals surface area (Å²) in [4.78, 5) is 29.0. The summed E-state index contributed by atoms with van der Waals surface area (Å²) in [6.45, 7) is 1.36. The third-order valence-electron chi connectivity index (χ3n) is 5.41. The number of aliphatic hydroxyl groups is 1. The zero-order chi connectivity index (χ0) is 17.8. The third-order valence-corrected chi connectivity index (χ3v) is 5.41. The van der Waals surface area contributed by atoms with Gasteiger partial charge in [-0.15, -0.1) is 0 Å². The largest absolute Gasteiger partial charge is 0.396 e. The van der Waals surface area contributed by atoms with Gasteiger partial charge in [-0.25, -0.2) is 0 Å². The van der Waals surface area contributed by atoms with E-state index in [1.807, 2.05) is 42.3 Å². The summed E-state index contributed by atoms with van der Waals surface area (Å²) in [5.74, 6) is 0.384. The average molecular weight is 344 g/mol. The fourth-order valence-corrected chi connectivity index (χ4v) is 3.79. The zero-order valence-corrected chi connectivity index (χ0v) is 14.9. The summed E-state index contributed by atoms with van der Waals surface area (Å²) < 4.78 is 0. The average Bonchev–Trinajstić information content (AvgIpc) is 3.50. The van der Waals surface area contributed by atoms with Crippen LogP contribution >= 0.6 is 0 Å². The Labute approximate surface area is 149 Å². The van der Waals surface area contributed by atoms with Gasteiger partial charge in [-0.05, 0) is 37.7 Å². The van der Waals surface area contributed by atoms with E-state index in [9.17, 15) is 14.7 Å². The van der Waals surface area contributed by atoms with Crippen LogP contribution in [-0.4, -0.2) is 53.5 Å². The highest BCUT2D eigenvalue weighted by atomic mass is 16.3. The quantitative estimate of drug-likeness (QED) is 0.861. The molecular formula is C20H28N2O3. The smallest absolute Gasteiger partial charge is 0.227 e. The molecule has 2 fully saturated rings. The molecule has 0 spiro atoms. The van der Waals surface area contributed by atoms with E-state index in [1.54, 1.807) is 4.90 Å². The lowest BCUT2D eigenvalue weighted by atomic mass is 9.94. The fourth-order valence-electron chi connectivity index (χ4n) is 3.79. The SMILES string of the molecule is CN(C(=O)C1CCCN(C(=O)C2CC2)C1)C(CCO)c1ccccc1. The molecular weight excluding hydrogens is 316 g/mol. The Morgan fingerprint density at radius 1 is 1.20 bits per heavy atom. The topological polar surface area (TPSA) is 60.9 Å². The molecule has 5 heteroatoms. The molecule has 5 nitrogen and oxygen atoms in total. The number of hydrogen-bond donors (Lipinski definition) is 1. The monoisotopic (exact) mass is 344 g/mol. The summed E-state index contributed by atoms with van der Waals surface area (Å²) in [5.41, 5.74) is 1.04. The molecule has 1 aromatic carbocycles. The second kappa shape index (κ2) is 8.00. The van der Waals surface area contributed by atoms with E-state index in [1.165, 1.54) is 0 Å². The molecule has 0 bridgehead atoms. The van der Waals surface area contributed by atoms with Crippen LogP contribution in [0.2, 0.25) is 0 Å². The standard InChI is InChI=1S/C20H28N2O3/c1-21(18(11-13-23)15-6-3-2-4-7-15)19(24)17-8-5-12-22(14-17)20(25)16-9-10-16/h2-4,6-7,16-18,23H,5,8-14H2,1H3. The lowest BCUT2D eigenvalue weighted by molar-refractivity contribution is -0.142. The van der Waals surface area contributed by atoms with Gasteiger partial charge >= 0.3 is 0 Å². The van der Waals surface area contributed by atoms with Crippen LogP contribution in [0.4, 0.5) is 0 Å². The van der Waals surface area contributed by atoms with Crippen LogP contribution in [0.1, 0.15) is 43.7 Å². The van der Waals surface area contributed by atoms with Crippen molar-refractivity contribution in [1.29, 1.82) is 0 Å². The lowest BCUT2D eigenvalue weighted by Crippen LogP contribution is -2.47. The maximum Gasteiger partial charge on any atom is 0.227 e. The molecule has 2 aliphatic rings. The minimum absolute atomic E-state index is 0.0359. The van der Waals surface area contributed by atoms with Gasteiger partial charge in [-0.2, -0.15) is 0 Å². The first kappa shape index (κ1) is 17.9. The number of nitrogens with zero attached hydrogens (tertiary/aromatic N) is 2. The number of hydrogen-bond acceptors (Lipinski definition) is 3. The second-order valence-electron chi connectivity index (χ2n) is 7.29. The van der Waals surface area contributed by atoms with E-state index < -0.39 is 0 Å². The van der Waals surface area contributed by atoms with Gasteiger partial charge in [0.15, 0.2) is 0 Å². The van der Waals surface area contributed by atoms with E-state index in [0.717, 1.165) is 37.8 Å². The first-order valence-corrected chi connectivity index (χ1v) is 9.33. The Morgan fingerprint density at radius 3 is 2.56 bits per heavy atom. The van der Waals surface area contributed by atoms with Gasteiger partial charge in [0.25, 0.3) is 0 Å². The molecule has 1 heterocycles. The van der Waals surface area contributed by atoms with Crippen LogP contribution in [0.5, 0.6) is 0 Å². The number of aliphatic hydroxyl groups excluding tert-OH is 1. The van der Waals surface area contributed by atoms with E-state index in [0.29, 0.717) is 13.0 Å². The highest BCUT2D eigenvalue weighted by molar-refractivity contribution is 5.83. The normalized spacial score (nSPS) is 21.7. The van der Waals surface area contributed by atoms with E-state index in [2.05, 4.69) is 0 Å². The van der Waals surface area contributed by atoms with Crippen molar-refractivity contribution < 1.29 is 14.7 Å². The second-order valence-corrected chi connectivity index (χ2v) is 7.29. The van der Waals surface area contributed by atoms with Crippen molar-refractivity contribution >= 4 is 11.8 Å². The van der Waals surface area contributed by atoms with Crippen molar-refractivity contribution in [3.63, 3.8) is 0 Å². The van der Waals surface area contributed by atoms with Crippen molar-refractivity contribution in [2.75, 3.05) is 26.7 Å². The van der Waals surface area contributed by atoms with E-state index >= 15 is 0 Å². The lowest BCUT2D eigenvalue weighted by Gasteiger charge is -2.36. The molecule has 25 heavy (non-hydrogen) atoms. The molecule has 1 saturated heterocycles. The van der Waals surface area contributed by atoms with Crippen molar-refractivity contribution in [2.24, 2.45) is 11.8 Å². The first-order chi connectivity index (χ1) is 12.1. The molecule has 2 atom stereocenters. The molecule has 2 unspecified atom stereocenters. The molecule has 0 aromatic heterocycles. The zero-order valence-electron chi connectivity index (χ0n) is 14.9. The van der Waals surface area contributed by atoms with Crippen molar-refractivity contribution in [3.8, 4) is 0 Å². The maximum absolute atomic E-state index is 13.0. The van der Waals surface area contributed by atoms with Gasteiger partial charge in [0.1, 0.15) is 0 Å². The Bertz CT molecular complexity index is 600. The van der Waals surface area contributed by atoms with Crippen LogP contribution in [0, 0.1) is 11.8 Å². The summed E-state index contributed by atoms with van der Waals surface area (Å²) in [5, 5.41) is 9.43. The van der Waals surface area contributed by atoms with Gasteiger partial charge in [-0.1, -0.05) is 30.3 Å². The minimum atomic E-state index is -0.133. The highest BCUT2D eigenvalue weighted by Gasteiger charge is 2.38. The highest BCUT2D eigenvalue weighted by Crippen LogP contribution is 2.33. The van der Waals surface area contributed by atoms with Crippen LogP contribution in [0.25, 0.3) is 0 Å². The fraction of sp³-hybridized carbons (Fsp3) is 0.600. The van der Waals surface area contributed by atoms with Crippen LogP contribution in [-0.2, 0) is 9.59 Å². The molecule has 0 radical (unpaired) electrons. The van der Waals surface area contributed by atoms with Crippen LogP contribution < -0.4 is 0 Å². The number of rotatable bonds is 6. The predicted octanol–water partition coefficient (Wildman–Crippen LogP) is 2.22. The summed E-state index contributed by atoms with van der Waals surface area (Å²) in [7, 11) is 1.82. The Morgan fingerprint density at radius 2 is 1.92 bits per heavy atom. The third kappa shape index (κ3) is 4.21. The predicted molar refractivity (Wildman–Crippen MR) is 95.7 cm³/mol. The summed E-state index contributed by atoms with van der Waals surface area (Å²) in [6.07, 6.45) is 4.24. The number of carbonyl (C=O) groups excluding carboxylic acids is 2. The number of amides is 2. The van der Waals surface area contributed by atoms with E-state index in [-0.39, 0.29) is 36.3 Å². The molecule has 3 rings (SSSR count). The van der Waals surface area contributed by atoms with Gasteiger partial charge in [0, 0.05) is 32.7 Å². The van der Waals surface area contributed by atoms with Crippen molar-refractivity contribution in [2.45, 2.75) is 38.1 Å². The van der Waals surface area contributed by atoms with Gasteiger partial charge < -0.3 is 14.9 Å². The minimum Gasteiger partial charge on any atom is -0.396 e. The molecule has 1 aliphatic heterocycles. The summed E-state index contributed by atoms with van der Waals surface area (Å²) >= 11 is 0. The van der Waals surface area contributed by atoms with Gasteiger partial charge in [0.2, 0.25) is 11.8 Å². The van der Waals surface area contributed by atoms with Gasteiger partial charge in [-0.3, -0.25) is 9.59 Å². The molecule has 2 amide bonds. The first-order valence-electron chi connectivity index (χ1n) is 9.33. The van der Waals surface area contributed by atoms with Crippen molar-refractivity contribution in [3.05, 3.63) is 35.9 Å². The molecule has 1 N–H and O–H groups in total. The van der Waals surface area contributed by atoms with Crippen LogP contribution in [0.15, 0.2) is 30.3 Å². The Kier molecular flexibility index (Phi) is 5.74. The Hall–Kier alpha value is -1.88. The molecule has 1 aliphatic carbocycles. The molecule has 136 valence electrons. The maximum atomic E-state index is 13.0. The molecule has 1 aromatic rings. The van der Waals surface area contributed by atoms with Gasteiger partial charge in [0.05, 0.1) is 12.0 Å². The summed E-state index contributed by atoms with van der Waals surface area (Å²) in [6, 6.07) is 9.71. The van der Waals surface area contributed by atoms with E-state index in [4.69, 9.17) is 0 Å². The van der Waals surface area contributed by atoms with Crippen molar-refractivity contribution in [1.82, 2.24) is 9.80 Å². The Balaban J connectivity index is 1.68. The van der Waals surface area contributed by atoms with Crippen LogP contribution in [0.3, 0.4) is 0 Å². The number of carbonyl (C=O) groups is 2. The number of piperidine rings is 1.